The zero-order chi connectivity index (χ0) is 14.7. The fourth-order valence-electron chi connectivity index (χ4n) is 2.58. The molecule has 0 unspecified atom stereocenters. The van der Waals surface area contributed by atoms with Crippen LogP contribution in [0.3, 0.4) is 0 Å². The molecule has 0 radical (unpaired) electrons. The van der Waals surface area contributed by atoms with E-state index in [1.165, 1.54) is 0 Å². The first-order valence-corrected chi connectivity index (χ1v) is 7.54. The van der Waals surface area contributed by atoms with Gasteiger partial charge in [0.15, 0.2) is 5.82 Å². The molecule has 1 aliphatic heterocycles. The number of hydrogen-bond donors (Lipinski definition) is 1. The molecule has 5 nitrogen and oxygen atoms in total. The number of halogens is 1. The molecule has 2 aromatic rings. The van der Waals surface area contributed by atoms with Gasteiger partial charge >= 0.3 is 0 Å². The van der Waals surface area contributed by atoms with Crippen molar-refractivity contribution in [3.63, 3.8) is 0 Å². The maximum atomic E-state index is 9.15. The first-order valence-electron chi connectivity index (χ1n) is 7.16. The predicted octanol–water partition coefficient (Wildman–Crippen LogP) is 2.59. The zero-order valence-corrected chi connectivity index (χ0v) is 12.5. The minimum atomic E-state index is 0.287. The van der Waals surface area contributed by atoms with Gasteiger partial charge in [0.05, 0.1) is 6.54 Å². The number of likely N-dealkylation sites (tertiary alicyclic amines) is 1. The van der Waals surface area contributed by atoms with Gasteiger partial charge in [0.25, 0.3) is 5.89 Å². The molecule has 0 saturated carbocycles. The normalized spacial score (nSPS) is 17.2. The van der Waals surface area contributed by atoms with Crippen molar-refractivity contribution >= 4 is 11.6 Å². The number of benzene rings is 1. The van der Waals surface area contributed by atoms with Crippen LogP contribution in [-0.4, -0.2) is 39.8 Å². The first kappa shape index (κ1) is 14.5. The molecule has 2 heterocycles. The third-order valence-electron chi connectivity index (χ3n) is 3.87. The van der Waals surface area contributed by atoms with E-state index in [0.717, 1.165) is 31.5 Å². The molecule has 0 spiro atoms. The molecule has 3 rings (SSSR count). The van der Waals surface area contributed by atoms with Gasteiger partial charge in [-0.05, 0) is 50.0 Å². The van der Waals surface area contributed by atoms with Crippen molar-refractivity contribution in [2.24, 2.45) is 5.92 Å². The van der Waals surface area contributed by atoms with Gasteiger partial charge in [-0.15, -0.1) is 0 Å². The van der Waals surface area contributed by atoms with Crippen molar-refractivity contribution in [3.05, 3.63) is 35.1 Å². The van der Waals surface area contributed by atoms with Crippen LogP contribution in [0, 0.1) is 5.92 Å². The molecule has 6 heteroatoms. The number of aromatic nitrogens is 2. The maximum Gasteiger partial charge on any atom is 0.258 e. The first-order chi connectivity index (χ1) is 10.2. The molecule has 1 N–H and O–H groups in total. The van der Waals surface area contributed by atoms with Crippen LogP contribution in [0.1, 0.15) is 18.7 Å². The Hall–Kier alpha value is -1.43. The van der Waals surface area contributed by atoms with Crippen LogP contribution in [0.5, 0.6) is 0 Å². The molecule has 0 amide bonds. The SMILES string of the molecule is OCC1CCN(Cc2noc(-c3cccc(Cl)c3)n2)CC1. The Balaban J connectivity index is 1.63. The Morgan fingerprint density at radius 3 is 2.86 bits per heavy atom. The fraction of sp³-hybridized carbons (Fsp3) is 0.467. The quantitative estimate of drug-likeness (QED) is 0.940. The monoisotopic (exact) mass is 307 g/mol. The lowest BCUT2D eigenvalue weighted by Crippen LogP contribution is -2.34. The van der Waals surface area contributed by atoms with E-state index in [0.29, 0.717) is 29.2 Å². The summed E-state index contributed by atoms with van der Waals surface area (Å²) >= 11 is 5.97. The summed E-state index contributed by atoms with van der Waals surface area (Å²) in [7, 11) is 0. The van der Waals surface area contributed by atoms with E-state index in [1.54, 1.807) is 0 Å². The number of piperidine rings is 1. The second kappa shape index (κ2) is 6.56. The van der Waals surface area contributed by atoms with Crippen molar-refractivity contribution in [1.29, 1.82) is 0 Å². The van der Waals surface area contributed by atoms with Crippen molar-refractivity contribution in [1.82, 2.24) is 15.0 Å². The topological polar surface area (TPSA) is 62.4 Å². The number of aliphatic hydroxyl groups is 1. The van der Waals surface area contributed by atoms with Gasteiger partial charge < -0.3 is 9.63 Å². The van der Waals surface area contributed by atoms with Crippen LogP contribution in [0.2, 0.25) is 5.02 Å². The van der Waals surface area contributed by atoms with E-state index in [4.69, 9.17) is 21.2 Å². The van der Waals surface area contributed by atoms with Gasteiger partial charge in [-0.25, -0.2) is 0 Å². The molecule has 0 bridgehead atoms. The Kier molecular flexibility index (Phi) is 4.53. The zero-order valence-electron chi connectivity index (χ0n) is 11.7. The fourth-order valence-corrected chi connectivity index (χ4v) is 2.77. The van der Waals surface area contributed by atoms with Crippen molar-refractivity contribution in [3.8, 4) is 11.5 Å². The summed E-state index contributed by atoms with van der Waals surface area (Å²) in [6.45, 7) is 2.90. The van der Waals surface area contributed by atoms with Crippen LogP contribution < -0.4 is 0 Å². The summed E-state index contributed by atoms with van der Waals surface area (Å²) in [6, 6.07) is 7.39. The minimum absolute atomic E-state index is 0.287. The Labute approximate surface area is 128 Å². The van der Waals surface area contributed by atoms with Gasteiger partial charge in [-0.3, -0.25) is 4.90 Å². The second-order valence-electron chi connectivity index (χ2n) is 5.43. The minimum Gasteiger partial charge on any atom is -0.396 e. The average Bonchev–Trinajstić information content (AvgIpc) is 2.97. The number of nitrogens with zero attached hydrogens (tertiary/aromatic N) is 3. The largest absolute Gasteiger partial charge is 0.396 e. The predicted molar refractivity (Wildman–Crippen MR) is 79.8 cm³/mol. The molecule has 0 atom stereocenters. The smallest absolute Gasteiger partial charge is 0.258 e. The number of aliphatic hydroxyl groups excluding tert-OH is 1. The Morgan fingerprint density at radius 2 is 2.14 bits per heavy atom. The van der Waals surface area contributed by atoms with Gasteiger partial charge in [0, 0.05) is 17.2 Å². The van der Waals surface area contributed by atoms with Crippen molar-refractivity contribution in [2.75, 3.05) is 19.7 Å². The lowest BCUT2D eigenvalue weighted by molar-refractivity contribution is 0.125. The molecule has 112 valence electrons. The van der Waals surface area contributed by atoms with E-state index in [9.17, 15) is 0 Å². The highest BCUT2D eigenvalue weighted by Gasteiger charge is 2.20. The summed E-state index contributed by atoms with van der Waals surface area (Å²) in [4.78, 5) is 6.72. The van der Waals surface area contributed by atoms with Gasteiger partial charge in [0.2, 0.25) is 0 Å². The van der Waals surface area contributed by atoms with E-state index >= 15 is 0 Å². The van der Waals surface area contributed by atoms with E-state index < -0.39 is 0 Å². The molecule has 1 fully saturated rings. The Bertz CT molecular complexity index is 594. The van der Waals surface area contributed by atoms with E-state index in [2.05, 4.69) is 15.0 Å². The van der Waals surface area contributed by atoms with Crippen LogP contribution in [0.25, 0.3) is 11.5 Å². The highest BCUT2D eigenvalue weighted by molar-refractivity contribution is 6.30. The van der Waals surface area contributed by atoms with E-state index in [1.807, 2.05) is 24.3 Å². The summed E-state index contributed by atoms with van der Waals surface area (Å²) < 4.78 is 5.30. The molecule has 0 aliphatic carbocycles. The Morgan fingerprint density at radius 1 is 1.33 bits per heavy atom. The molecular formula is C15H18ClN3O2. The molecule has 21 heavy (non-hydrogen) atoms. The number of rotatable bonds is 4. The molecule has 1 saturated heterocycles. The standard InChI is InChI=1S/C15H18ClN3O2/c16-13-3-1-2-12(8-13)15-17-14(18-21-15)9-19-6-4-11(10-20)5-7-19/h1-3,8,11,20H,4-7,9-10H2. The number of hydrogen-bond acceptors (Lipinski definition) is 5. The summed E-state index contributed by atoms with van der Waals surface area (Å²) in [5.41, 5.74) is 0.834. The van der Waals surface area contributed by atoms with Crippen LogP contribution in [0.15, 0.2) is 28.8 Å². The summed E-state index contributed by atoms with van der Waals surface area (Å²) in [5, 5.41) is 13.8. The van der Waals surface area contributed by atoms with Crippen molar-refractivity contribution in [2.45, 2.75) is 19.4 Å². The van der Waals surface area contributed by atoms with Crippen molar-refractivity contribution < 1.29 is 9.63 Å². The second-order valence-corrected chi connectivity index (χ2v) is 5.86. The lowest BCUT2D eigenvalue weighted by atomic mass is 9.98. The summed E-state index contributed by atoms with van der Waals surface area (Å²) in [5.74, 6) is 1.62. The molecule has 1 aromatic carbocycles. The van der Waals surface area contributed by atoms with Crippen LogP contribution >= 0.6 is 11.6 Å². The van der Waals surface area contributed by atoms with E-state index in [-0.39, 0.29) is 6.61 Å². The highest BCUT2D eigenvalue weighted by Crippen LogP contribution is 2.22. The van der Waals surface area contributed by atoms with Gasteiger partial charge in [-0.2, -0.15) is 4.98 Å². The highest BCUT2D eigenvalue weighted by atomic mass is 35.5. The lowest BCUT2D eigenvalue weighted by Gasteiger charge is -2.29. The average molecular weight is 308 g/mol. The summed E-state index contributed by atoms with van der Waals surface area (Å²) in [6.07, 6.45) is 2.05. The molecule has 1 aromatic heterocycles. The van der Waals surface area contributed by atoms with Gasteiger partial charge in [-0.1, -0.05) is 22.8 Å². The van der Waals surface area contributed by atoms with Crippen LogP contribution in [0.4, 0.5) is 0 Å². The maximum absolute atomic E-state index is 9.15. The third kappa shape index (κ3) is 3.61. The third-order valence-corrected chi connectivity index (χ3v) is 4.11. The van der Waals surface area contributed by atoms with Gasteiger partial charge in [0.1, 0.15) is 0 Å². The molecule has 1 aliphatic rings. The van der Waals surface area contributed by atoms with Crippen LogP contribution in [-0.2, 0) is 6.54 Å². The molecular weight excluding hydrogens is 290 g/mol.